The molecule has 2 aliphatic rings. The Labute approximate surface area is 238 Å². The van der Waals surface area contributed by atoms with Crippen LogP contribution in [0, 0.1) is 5.41 Å². The van der Waals surface area contributed by atoms with Crippen molar-refractivity contribution in [1.82, 2.24) is 0 Å². The number of fused-ring (bicyclic) bond motifs is 3. The molecule has 0 heterocycles. The van der Waals surface area contributed by atoms with Crippen molar-refractivity contribution in [2.24, 2.45) is 5.41 Å². The molecular weight excluding hydrogens is 546 g/mol. The molecule has 0 bridgehead atoms. The fourth-order valence-electron chi connectivity index (χ4n) is 5.41. The Morgan fingerprint density at radius 2 is 1.29 bits per heavy atom. The summed E-state index contributed by atoms with van der Waals surface area (Å²) in [5, 5.41) is 0. The van der Waals surface area contributed by atoms with Gasteiger partial charge in [-0.2, -0.15) is 0 Å². The zero-order chi connectivity index (χ0) is 24.5. The van der Waals surface area contributed by atoms with Crippen molar-refractivity contribution in [3.05, 3.63) is 75.4 Å². The van der Waals surface area contributed by atoms with Crippen molar-refractivity contribution in [1.29, 1.82) is 0 Å². The van der Waals surface area contributed by atoms with Crippen LogP contribution in [0.4, 0.5) is 0 Å². The van der Waals surface area contributed by atoms with Crippen LogP contribution in [0.25, 0.3) is 11.1 Å². The van der Waals surface area contributed by atoms with Gasteiger partial charge in [-0.15, -0.1) is 0 Å². The second-order valence-corrected chi connectivity index (χ2v) is 16.9. The van der Waals surface area contributed by atoms with Crippen molar-refractivity contribution in [2.45, 2.75) is 97.0 Å². The molecule has 0 radical (unpaired) electrons. The minimum Gasteiger partial charge on any atom is -1.00 e. The topological polar surface area (TPSA) is 0 Å². The summed E-state index contributed by atoms with van der Waals surface area (Å²) in [5.74, 6) is 0. The summed E-state index contributed by atoms with van der Waals surface area (Å²) in [6.45, 7) is 26.0. The summed E-state index contributed by atoms with van der Waals surface area (Å²) in [5.41, 5.74) is 14.5. The molecule has 4 rings (SSSR count). The fraction of sp³-hybridized carbons (Fsp3) is 0.500. The zero-order valence-corrected chi connectivity index (χ0v) is 27.5. The van der Waals surface area contributed by atoms with Crippen LogP contribution in [0.1, 0.15) is 98.4 Å². The van der Waals surface area contributed by atoms with E-state index in [0.717, 1.165) is 6.42 Å². The number of allylic oxidation sites excluding steroid dienone is 4. The molecule has 0 aromatic heterocycles. The van der Waals surface area contributed by atoms with E-state index in [1.807, 2.05) is 0 Å². The molecule has 0 nitrogen and oxygen atoms in total. The normalized spacial score (nSPS) is 17.2. The largest absolute Gasteiger partial charge is 1.00 e. The van der Waals surface area contributed by atoms with Gasteiger partial charge >= 0.3 is 215 Å². The summed E-state index contributed by atoms with van der Waals surface area (Å²) in [4.78, 5) is 0. The molecule has 0 spiro atoms. The summed E-state index contributed by atoms with van der Waals surface area (Å²) in [7, 11) is 0. The van der Waals surface area contributed by atoms with Crippen molar-refractivity contribution >= 4 is 3.27 Å². The third-order valence-corrected chi connectivity index (χ3v) is 12.3. The molecule has 188 valence electrons. The first-order valence-corrected chi connectivity index (χ1v) is 15.2. The third kappa shape index (κ3) is 5.94. The molecule has 2 aliphatic carbocycles. The van der Waals surface area contributed by atoms with Crippen molar-refractivity contribution in [2.75, 3.05) is 0 Å². The number of rotatable bonds is 2. The first-order valence-electron chi connectivity index (χ1n) is 12.5. The van der Waals surface area contributed by atoms with Crippen molar-refractivity contribution < 1.29 is 48.0 Å². The van der Waals surface area contributed by atoms with E-state index in [9.17, 15) is 0 Å². The van der Waals surface area contributed by atoms with Gasteiger partial charge < -0.3 is 24.8 Å². The first-order chi connectivity index (χ1) is 15.1. The maximum Gasteiger partial charge on any atom is -1.00 e. The van der Waals surface area contributed by atoms with E-state index in [2.05, 4.69) is 113 Å². The Morgan fingerprint density at radius 1 is 0.714 bits per heavy atom. The predicted octanol–water partition coefficient (Wildman–Crippen LogP) is 2.68. The van der Waals surface area contributed by atoms with Crippen LogP contribution in [0.3, 0.4) is 0 Å². The molecule has 0 fully saturated rings. The smallest absolute Gasteiger partial charge is 1.00 e. The SMILES string of the molecule is CC1=CC(C(C)(C)C)=C(C)[CH]1[Zr+2][c]1cc(C(C)(C)C)cc2c1Cc1ccc(C(C)(C)C)cc1-2.[Cl-].[Cl-]. The summed E-state index contributed by atoms with van der Waals surface area (Å²) in [6, 6.07) is 12.4. The second-order valence-electron chi connectivity index (χ2n) is 13.4. The predicted molar refractivity (Wildman–Crippen MR) is 141 cm³/mol. The molecule has 35 heavy (non-hydrogen) atoms. The van der Waals surface area contributed by atoms with Crippen LogP contribution in [-0.2, 0) is 40.5 Å². The molecule has 0 amide bonds. The van der Waals surface area contributed by atoms with Gasteiger partial charge in [0.05, 0.1) is 0 Å². The molecule has 1 unspecified atom stereocenters. The number of hydrogen-bond donors (Lipinski definition) is 0. The van der Waals surface area contributed by atoms with Gasteiger partial charge in [-0.05, 0) is 0 Å². The van der Waals surface area contributed by atoms with Crippen LogP contribution in [0.5, 0.6) is 0 Å². The molecule has 0 saturated carbocycles. The van der Waals surface area contributed by atoms with Gasteiger partial charge in [-0.1, -0.05) is 0 Å². The molecule has 2 aromatic rings. The van der Waals surface area contributed by atoms with Crippen LogP contribution in [0.15, 0.2) is 53.1 Å². The van der Waals surface area contributed by atoms with E-state index in [0.29, 0.717) is 3.63 Å². The van der Waals surface area contributed by atoms with E-state index >= 15 is 0 Å². The Balaban J connectivity index is 0.00000216. The zero-order valence-electron chi connectivity index (χ0n) is 23.5. The van der Waals surface area contributed by atoms with Gasteiger partial charge in [0.1, 0.15) is 0 Å². The van der Waals surface area contributed by atoms with E-state index < -0.39 is 23.2 Å². The molecule has 3 heteroatoms. The Morgan fingerprint density at radius 3 is 1.80 bits per heavy atom. The van der Waals surface area contributed by atoms with E-state index in [1.54, 1.807) is 25.6 Å². The third-order valence-electron chi connectivity index (χ3n) is 7.54. The van der Waals surface area contributed by atoms with Crippen LogP contribution >= 0.6 is 0 Å². The van der Waals surface area contributed by atoms with Gasteiger partial charge in [0.15, 0.2) is 0 Å². The van der Waals surface area contributed by atoms with Crippen molar-refractivity contribution in [3.8, 4) is 11.1 Å². The van der Waals surface area contributed by atoms with Crippen molar-refractivity contribution in [3.63, 3.8) is 0 Å². The van der Waals surface area contributed by atoms with E-state index in [-0.39, 0.29) is 41.1 Å². The minimum absolute atomic E-state index is 0. The van der Waals surface area contributed by atoms with Crippen LogP contribution in [-0.4, -0.2) is 0 Å². The Kier molecular flexibility index (Phi) is 8.98. The molecule has 0 aliphatic heterocycles. The molecule has 0 N–H and O–H groups in total. The Hall–Kier alpha value is -0.617. The van der Waals surface area contributed by atoms with E-state index in [1.165, 1.54) is 27.8 Å². The standard InChI is InChI=1S/C21H25.C11H17.2ClH.Zr/c1-20(2,3)16-9-7-14-11-15-8-10-17(21(4,5)6)13-19(15)18(14)12-16;1-8-6-9(2)10(7-8)11(3,4)5;;;/h7,9-10,12-13H,11H2,1-6H3;6-7H,1-5H3;2*1H;/q;;;;+2/p-2. The van der Waals surface area contributed by atoms with Crippen LogP contribution in [0.2, 0.25) is 3.63 Å². The second kappa shape index (κ2) is 10.3. The fourth-order valence-corrected chi connectivity index (χ4v) is 9.42. The summed E-state index contributed by atoms with van der Waals surface area (Å²) >= 11 is -0.859. The average molecular weight is 589 g/mol. The van der Waals surface area contributed by atoms with Crippen LogP contribution < -0.4 is 28.1 Å². The maximum absolute atomic E-state index is 2.61. The molecule has 0 saturated heterocycles. The first kappa shape index (κ1) is 30.6. The maximum atomic E-state index is 2.61. The van der Waals surface area contributed by atoms with Gasteiger partial charge in [-0.25, -0.2) is 0 Å². The number of halogens is 2. The van der Waals surface area contributed by atoms with Gasteiger partial charge in [0.2, 0.25) is 0 Å². The summed E-state index contributed by atoms with van der Waals surface area (Å²) in [6.07, 6.45) is 3.62. The number of hydrogen-bond acceptors (Lipinski definition) is 0. The van der Waals surface area contributed by atoms with Gasteiger partial charge in [0.25, 0.3) is 0 Å². The molecular formula is C32H42Cl2Zr. The van der Waals surface area contributed by atoms with Gasteiger partial charge in [0, 0.05) is 0 Å². The minimum atomic E-state index is -0.859. The summed E-state index contributed by atoms with van der Waals surface area (Å²) < 4.78 is 2.41. The van der Waals surface area contributed by atoms with Gasteiger partial charge in [-0.3, -0.25) is 0 Å². The van der Waals surface area contributed by atoms with E-state index in [4.69, 9.17) is 0 Å². The quantitative estimate of drug-likeness (QED) is 0.432. The molecule has 2 aromatic carbocycles. The average Bonchev–Trinajstić information content (AvgIpc) is 3.18. The Bertz CT molecular complexity index is 1180. The molecule has 1 atom stereocenters. The monoisotopic (exact) mass is 586 g/mol. The number of benzene rings is 2.